The van der Waals surface area contributed by atoms with Crippen LogP contribution >= 0.6 is 0 Å². The number of hydrogen-bond acceptors (Lipinski definition) is 4. The molecule has 0 N–H and O–H groups in total. The molecule has 4 rings (SSSR count). The summed E-state index contributed by atoms with van der Waals surface area (Å²) in [4.78, 5) is 22.8. The third-order valence-electron chi connectivity index (χ3n) is 4.36. The van der Waals surface area contributed by atoms with Crippen LogP contribution < -0.4 is 0 Å². The van der Waals surface area contributed by atoms with Crippen LogP contribution in [0.1, 0.15) is 22.0 Å². The second-order valence-corrected chi connectivity index (χ2v) is 6.04. The summed E-state index contributed by atoms with van der Waals surface area (Å²) in [7, 11) is 0. The molecule has 3 heterocycles. The number of hydrogen-bond donors (Lipinski definition) is 0. The van der Waals surface area contributed by atoms with Crippen LogP contribution in [0.4, 0.5) is 4.39 Å². The summed E-state index contributed by atoms with van der Waals surface area (Å²) in [5.74, 6) is 0.317. The van der Waals surface area contributed by atoms with Crippen molar-refractivity contribution in [2.75, 3.05) is 19.7 Å². The van der Waals surface area contributed by atoms with Crippen LogP contribution in [-0.4, -0.2) is 45.0 Å². The van der Waals surface area contributed by atoms with E-state index in [1.54, 1.807) is 58.7 Å². The molecular formula is C19H17FN4O2. The molecule has 0 bridgehead atoms. The standard InChI is InChI=1S/C19H17FN4O2/c20-16-4-1-14(2-5-16)17-12-23(9-10-26-17)19(25)15-3-6-18(22-11-15)24-8-7-21-13-24/h1-8,11,13,17H,9-10,12H2. The smallest absolute Gasteiger partial charge is 0.255 e. The van der Waals surface area contributed by atoms with E-state index in [9.17, 15) is 9.18 Å². The van der Waals surface area contributed by atoms with E-state index in [-0.39, 0.29) is 17.8 Å². The third kappa shape index (κ3) is 3.34. The van der Waals surface area contributed by atoms with Gasteiger partial charge in [-0.2, -0.15) is 0 Å². The number of morpholine rings is 1. The number of pyridine rings is 1. The quantitative estimate of drug-likeness (QED) is 0.727. The summed E-state index contributed by atoms with van der Waals surface area (Å²) < 4.78 is 20.6. The molecule has 1 aliphatic rings. The maximum Gasteiger partial charge on any atom is 0.255 e. The van der Waals surface area contributed by atoms with E-state index in [2.05, 4.69) is 9.97 Å². The van der Waals surface area contributed by atoms with Crippen molar-refractivity contribution in [1.82, 2.24) is 19.4 Å². The summed E-state index contributed by atoms with van der Waals surface area (Å²) in [5, 5.41) is 0. The first kappa shape index (κ1) is 16.4. The predicted octanol–water partition coefficient (Wildman–Crippen LogP) is 2.62. The van der Waals surface area contributed by atoms with Crippen LogP contribution in [0.5, 0.6) is 0 Å². The SMILES string of the molecule is O=C(c1ccc(-n2ccnc2)nc1)N1CCOC(c2ccc(F)cc2)C1. The maximum absolute atomic E-state index is 13.1. The molecule has 1 aromatic carbocycles. The summed E-state index contributed by atoms with van der Waals surface area (Å²) in [6.45, 7) is 1.38. The first-order valence-corrected chi connectivity index (χ1v) is 8.31. The summed E-state index contributed by atoms with van der Waals surface area (Å²) in [5.41, 5.74) is 1.38. The lowest BCUT2D eigenvalue weighted by molar-refractivity contribution is -0.0228. The van der Waals surface area contributed by atoms with Gasteiger partial charge >= 0.3 is 0 Å². The number of aromatic nitrogens is 3. The number of ether oxygens (including phenoxy) is 1. The molecule has 1 amide bonds. The zero-order valence-electron chi connectivity index (χ0n) is 14.0. The van der Waals surface area contributed by atoms with Crippen LogP contribution in [0.15, 0.2) is 61.3 Å². The Labute approximate surface area is 149 Å². The Bertz CT molecular complexity index is 879. The zero-order chi connectivity index (χ0) is 17.9. The highest BCUT2D eigenvalue weighted by Gasteiger charge is 2.26. The number of carbonyl (C=O) groups is 1. The van der Waals surface area contributed by atoms with Crippen molar-refractivity contribution in [3.8, 4) is 5.82 Å². The summed E-state index contributed by atoms with van der Waals surface area (Å²) in [6, 6.07) is 9.72. The molecule has 1 fully saturated rings. The molecule has 6 nitrogen and oxygen atoms in total. The van der Waals surface area contributed by atoms with E-state index < -0.39 is 0 Å². The summed E-state index contributed by atoms with van der Waals surface area (Å²) >= 11 is 0. The van der Waals surface area contributed by atoms with Crippen molar-refractivity contribution >= 4 is 5.91 Å². The van der Waals surface area contributed by atoms with Crippen LogP contribution in [-0.2, 0) is 4.74 Å². The van der Waals surface area contributed by atoms with Gasteiger partial charge in [0.05, 0.1) is 18.7 Å². The molecule has 132 valence electrons. The molecule has 0 saturated carbocycles. The van der Waals surface area contributed by atoms with E-state index in [4.69, 9.17) is 4.74 Å². The lowest BCUT2D eigenvalue weighted by Crippen LogP contribution is -2.42. The van der Waals surface area contributed by atoms with Crippen LogP contribution in [0.2, 0.25) is 0 Å². The van der Waals surface area contributed by atoms with Gasteiger partial charge in [0.1, 0.15) is 24.1 Å². The Morgan fingerprint density at radius 3 is 2.73 bits per heavy atom. The van der Waals surface area contributed by atoms with Gasteiger partial charge in [-0.15, -0.1) is 0 Å². The number of benzene rings is 1. The molecule has 1 saturated heterocycles. The van der Waals surface area contributed by atoms with Crippen molar-refractivity contribution in [3.05, 3.63) is 78.3 Å². The molecule has 26 heavy (non-hydrogen) atoms. The fraction of sp³-hybridized carbons (Fsp3) is 0.211. The van der Waals surface area contributed by atoms with E-state index >= 15 is 0 Å². The molecule has 0 spiro atoms. The third-order valence-corrected chi connectivity index (χ3v) is 4.36. The number of amides is 1. The van der Waals surface area contributed by atoms with Crippen LogP contribution in [0.25, 0.3) is 5.82 Å². The fourth-order valence-corrected chi connectivity index (χ4v) is 2.96. The van der Waals surface area contributed by atoms with Gasteiger partial charge in [-0.1, -0.05) is 12.1 Å². The van der Waals surface area contributed by atoms with E-state index in [0.717, 1.165) is 5.56 Å². The maximum atomic E-state index is 13.1. The number of nitrogens with zero attached hydrogens (tertiary/aromatic N) is 4. The Morgan fingerprint density at radius 1 is 1.19 bits per heavy atom. The molecule has 1 atom stereocenters. The molecule has 2 aromatic heterocycles. The average Bonchev–Trinajstić information content (AvgIpc) is 3.23. The molecular weight excluding hydrogens is 335 g/mol. The molecule has 3 aromatic rings. The number of rotatable bonds is 3. The van der Waals surface area contributed by atoms with Crippen LogP contribution in [0.3, 0.4) is 0 Å². The molecule has 1 unspecified atom stereocenters. The lowest BCUT2D eigenvalue weighted by atomic mass is 10.1. The normalized spacial score (nSPS) is 17.3. The van der Waals surface area contributed by atoms with E-state index in [1.807, 2.05) is 0 Å². The minimum absolute atomic E-state index is 0.0925. The van der Waals surface area contributed by atoms with Crippen molar-refractivity contribution < 1.29 is 13.9 Å². The zero-order valence-corrected chi connectivity index (χ0v) is 14.0. The molecule has 0 radical (unpaired) electrons. The van der Waals surface area contributed by atoms with Crippen molar-refractivity contribution in [2.24, 2.45) is 0 Å². The first-order valence-electron chi connectivity index (χ1n) is 8.31. The predicted molar refractivity (Wildman–Crippen MR) is 92.4 cm³/mol. The highest BCUT2D eigenvalue weighted by molar-refractivity contribution is 5.94. The van der Waals surface area contributed by atoms with Gasteiger partial charge in [0.15, 0.2) is 0 Å². The Morgan fingerprint density at radius 2 is 2.04 bits per heavy atom. The average molecular weight is 352 g/mol. The monoisotopic (exact) mass is 352 g/mol. The second kappa shape index (κ2) is 7.05. The van der Waals surface area contributed by atoms with Crippen molar-refractivity contribution in [3.63, 3.8) is 0 Å². The minimum Gasteiger partial charge on any atom is -0.370 e. The lowest BCUT2D eigenvalue weighted by Gasteiger charge is -2.33. The fourth-order valence-electron chi connectivity index (χ4n) is 2.96. The number of carbonyl (C=O) groups excluding carboxylic acids is 1. The number of halogens is 1. The van der Waals surface area contributed by atoms with E-state index in [0.29, 0.717) is 31.1 Å². The van der Waals surface area contributed by atoms with Gasteiger partial charge in [0, 0.05) is 25.1 Å². The van der Waals surface area contributed by atoms with Gasteiger partial charge in [0.2, 0.25) is 0 Å². The molecule has 7 heteroatoms. The second-order valence-electron chi connectivity index (χ2n) is 6.04. The Balaban J connectivity index is 1.48. The largest absolute Gasteiger partial charge is 0.370 e. The van der Waals surface area contributed by atoms with Crippen molar-refractivity contribution in [2.45, 2.75) is 6.10 Å². The van der Waals surface area contributed by atoms with Crippen LogP contribution in [0, 0.1) is 5.82 Å². The van der Waals surface area contributed by atoms with Gasteiger partial charge in [-0.05, 0) is 29.8 Å². The number of imidazole rings is 1. The van der Waals surface area contributed by atoms with E-state index in [1.165, 1.54) is 12.1 Å². The highest BCUT2D eigenvalue weighted by Crippen LogP contribution is 2.23. The molecule has 0 aliphatic carbocycles. The first-order chi connectivity index (χ1) is 12.7. The van der Waals surface area contributed by atoms with Gasteiger partial charge in [0.25, 0.3) is 5.91 Å². The Kier molecular flexibility index (Phi) is 4.45. The topological polar surface area (TPSA) is 60.2 Å². The molecule has 1 aliphatic heterocycles. The van der Waals surface area contributed by atoms with Gasteiger partial charge in [-0.25, -0.2) is 14.4 Å². The van der Waals surface area contributed by atoms with Gasteiger partial charge < -0.3 is 9.64 Å². The minimum atomic E-state index is -0.290. The van der Waals surface area contributed by atoms with Crippen molar-refractivity contribution in [1.29, 1.82) is 0 Å². The highest BCUT2D eigenvalue weighted by atomic mass is 19.1. The van der Waals surface area contributed by atoms with Gasteiger partial charge in [-0.3, -0.25) is 9.36 Å². The summed E-state index contributed by atoms with van der Waals surface area (Å²) in [6.07, 6.45) is 6.42. The Hall–Kier alpha value is -3.06.